The van der Waals surface area contributed by atoms with Crippen LogP contribution in [0.1, 0.15) is 92.4 Å². The third-order valence-corrected chi connectivity index (χ3v) is 13.8. The molecule has 12 atom stereocenters. The molecule has 0 aliphatic heterocycles. The van der Waals surface area contributed by atoms with Crippen molar-refractivity contribution >= 4 is 11.9 Å². The molecule has 5 rings (SSSR count). The monoisotopic (exact) mass is 536 g/mol. The van der Waals surface area contributed by atoms with Crippen molar-refractivity contribution < 1.29 is 40.2 Å². The number of carboxylic acids is 2. The van der Waals surface area contributed by atoms with Crippen LogP contribution in [0.15, 0.2) is 0 Å². The van der Waals surface area contributed by atoms with E-state index in [1.54, 1.807) is 0 Å². The Morgan fingerprint density at radius 3 is 1.97 bits per heavy atom. The Hall–Kier alpha value is -1.22. The van der Waals surface area contributed by atoms with Gasteiger partial charge < -0.3 is 30.6 Å². The Kier molecular flexibility index (Phi) is 6.26. The summed E-state index contributed by atoms with van der Waals surface area (Å²) in [5, 5.41) is 64.9. The van der Waals surface area contributed by atoms with Gasteiger partial charge in [-0.15, -0.1) is 0 Å². The predicted octanol–water partition coefficient (Wildman–Crippen LogP) is 3.29. The zero-order valence-corrected chi connectivity index (χ0v) is 23.6. The Bertz CT molecular complexity index is 1010. The molecular formula is C30H48O8. The third-order valence-electron chi connectivity index (χ3n) is 13.8. The summed E-state index contributed by atoms with van der Waals surface area (Å²) in [7, 11) is 0. The number of hydrogen-bond donors (Lipinski definition) is 6. The number of fused-ring (bicyclic) bond motifs is 7. The summed E-state index contributed by atoms with van der Waals surface area (Å²) in [6.07, 6.45) is 1.62. The normalized spacial score (nSPS) is 55.6. The molecule has 5 fully saturated rings. The molecule has 216 valence electrons. The van der Waals surface area contributed by atoms with E-state index in [9.17, 15) is 40.2 Å². The largest absolute Gasteiger partial charge is 0.481 e. The molecule has 0 aromatic carbocycles. The first-order valence-electron chi connectivity index (χ1n) is 14.6. The van der Waals surface area contributed by atoms with Gasteiger partial charge in [-0.25, -0.2) is 0 Å². The highest BCUT2D eigenvalue weighted by Crippen LogP contribution is 2.77. The standard InChI is InChI=1S/C30H48O8/c1-25(2)10-11-29(23(35)36)17(12-25)16-6-7-19-26(3)13-18(32)22(34)30(15-31,24(37)38)20(26)8-9-27(19,4)28(16,5)14-21(29)33/h16-22,31-34H,6-15H2,1-5H3,(H,35,36)(H,37,38). The predicted molar refractivity (Wildman–Crippen MR) is 139 cm³/mol. The minimum absolute atomic E-state index is 0.00329. The van der Waals surface area contributed by atoms with Crippen LogP contribution >= 0.6 is 0 Å². The molecule has 12 unspecified atom stereocenters. The van der Waals surface area contributed by atoms with Crippen molar-refractivity contribution in [3.05, 3.63) is 0 Å². The second-order valence-electron chi connectivity index (χ2n) is 15.4. The van der Waals surface area contributed by atoms with Crippen LogP contribution in [0.5, 0.6) is 0 Å². The van der Waals surface area contributed by atoms with E-state index < -0.39 is 59.0 Å². The van der Waals surface area contributed by atoms with Crippen molar-refractivity contribution in [3.63, 3.8) is 0 Å². The second kappa shape index (κ2) is 8.40. The van der Waals surface area contributed by atoms with E-state index in [-0.39, 0.29) is 40.4 Å². The molecule has 5 aliphatic rings. The summed E-state index contributed by atoms with van der Waals surface area (Å²) in [4.78, 5) is 25.5. The molecule has 8 heteroatoms. The molecule has 5 saturated carbocycles. The van der Waals surface area contributed by atoms with E-state index in [1.165, 1.54) is 0 Å². The van der Waals surface area contributed by atoms with Crippen LogP contribution in [-0.4, -0.2) is 67.5 Å². The van der Waals surface area contributed by atoms with Crippen molar-refractivity contribution in [1.82, 2.24) is 0 Å². The van der Waals surface area contributed by atoms with Crippen molar-refractivity contribution in [1.29, 1.82) is 0 Å². The lowest BCUT2D eigenvalue weighted by Gasteiger charge is -2.74. The molecule has 5 aliphatic carbocycles. The second-order valence-corrected chi connectivity index (χ2v) is 15.4. The van der Waals surface area contributed by atoms with Gasteiger partial charge in [0.15, 0.2) is 0 Å². The van der Waals surface area contributed by atoms with Gasteiger partial charge in [-0.3, -0.25) is 9.59 Å². The summed E-state index contributed by atoms with van der Waals surface area (Å²) in [6, 6.07) is 0. The van der Waals surface area contributed by atoms with Crippen LogP contribution in [0, 0.1) is 56.2 Å². The molecule has 0 heterocycles. The van der Waals surface area contributed by atoms with E-state index in [1.807, 2.05) is 6.92 Å². The quantitative estimate of drug-likeness (QED) is 0.321. The minimum Gasteiger partial charge on any atom is -0.481 e. The Morgan fingerprint density at radius 1 is 0.737 bits per heavy atom. The Balaban J connectivity index is 1.60. The molecule has 8 nitrogen and oxygen atoms in total. The van der Waals surface area contributed by atoms with E-state index in [4.69, 9.17) is 0 Å². The molecule has 0 aromatic heterocycles. The molecule has 38 heavy (non-hydrogen) atoms. The molecule has 6 N–H and O–H groups in total. The fraction of sp³-hybridized carbons (Fsp3) is 0.933. The number of rotatable bonds is 3. The maximum Gasteiger partial charge on any atom is 0.315 e. The number of hydrogen-bond acceptors (Lipinski definition) is 6. The van der Waals surface area contributed by atoms with Crippen molar-refractivity contribution in [2.45, 2.75) is 111 Å². The van der Waals surface area contributed by atoms with E-state index >= 15 is 0 Å². The first-order chi connectivity index (χ1) is 17.5. The maximum atomic E-state index is 12.9. The van der Waals surface area contributed by atoms with Gasteiger partial charge in [0, 0.05) is 0 Å². The van der Waals surface area contributed by atoms with Gasteiger partial charge in [-0.1, -0.05) is 34.6 Å². The van der Waals surface area contributed by atoms with Gasteiger partial charge in [0.05, 0.1) is 30.3 Å². The van der Waals surface area contributed by atoms with Crippen LogP contribution in [0.2, 0.25) is 0 Å². The van der Waals surface area contributed by atoms with E-state index in [0.717, 1.165) is 25.7 Å². The van der Waals surface area contributed by atoms with Crippen LogP contribution < -0.4 is 0 Å². The van der Waals surface area contributed by atoms with Crippen molar-refractivity contribution in [3.8, 4) is 0 Å². The fourth-order valence-electron chi connectivity index (χ4n) is 11.7. The highest BCUT2D eigenvalue weighted by Gasteiger charge is 2.75. The van der Waals surface area contributed by atoms with E-state index in [0.29, 0.717) is 25.7 Å². The smallest absolute Gasteiger partial charge is 0.315 e. The van der Waals surface area contributed by atoms with Gasteiger partial charge >= 0.3 is 11.9 Å². The molecule has 0 radical (unpaired) electrons. The lowest BCUT2D eigenvalue weighted by molar-refractivity contribution is -0.287. The van der Waals surface area contributed by atoms with Gasteiger partial charge in [0.1, 0.15) is 5.41 Å². The number of aliphatic carboxylic acids is 2. The Labute approximate surface area is 225 Å². The molecular weight excluding hydrogens is 488 g/mol. The van der Waals surface area contributed by atoms with Crippen molar-refractivity contribution in [2.24, 2.45) is 56.2 Å². The number of carboxylic acid groups (broad SMARTS) is 2. The maximum absolute atomic E-state index is 12.9. The van der Waals surface area contributed by atoms with E-state index in [2.05, 4.69) is 27.7 Å². The average Bonchev–Trinajstić information content (AvgIpc) is 2.80. The zero-order valence-electron chi connectivity index (χ0n) is 23.6. The van der Waals surface area contributed by atoms with Crippen LogP contribution in [0.25, 0.3) is 0 Å². The van der Waals surface area contributed by atoms with Gasteiger partial charge in [-0.05, 0) is 103 Å². The zero-order chi connectivity index (χ0) is 28.3. The number of aliphatic hydroxyl groups excluding tert-OH is 4. The summed E-state index contributed by atoms with van der Waals surface area (Å²) in [5.74, 6) is -2.68. The SMILES string of the molecule is CC1(C)CCC2(C(=O)O)C(O)CC3(C)C(CCC4C5(C)CC(O)C(O)C(CO)(C(=O)O)C5CCC43C)C2C1. The van der Waals surface area contributed by atoms with Gasteiger partial charge in [-0.2, -0.15) is 0 Å². The average molecular weight is 537 g/mol. The molecule has 0 bridgehead atoms. The lowest BCUT2D eigenvalue weighted by atomic mass is 9.31. The summed E-state index contributed by atoms with van der Waals surface area (Å²) < 4.78 is 0. The highest BCUT2D eigenvalue weighted by atomic mass is 16.4. The summed E-state index contributed by atoms with van der Waals surface area (Å²) in [5.41, 5.74) is -4.30. The van der Waals surface area contributed by atoms with Gasteiger partial charge in [0.25, 0.3) is 0 Å². The van der Waals surface area contributed by atoms with Gasteiger partial charge in [0.2, 0.25) is 0 Å². The number of aliphatic hydroxyl groups is 4. The van der Waals surface area contributed by atoms with Crippen LogP contribution in [0.4, 0.5) is 0 Å². The first-order valence-corrected chi connectivity index (χ1v) is 14.6. The molecule has 0 saturated heterocycles. The van der Waals surface area contributed by atoms with Crippen LogP contribution in [-0.2, 0) is 9.59 Å². The lowest BCUT2D eigenvalue weighted by Crippen LogP contribution is -2.73. The highest BCUT2D eigenvalue weighted by molar-refractivity contribution is 5.77. The summed E-state index contributed by atoms with van der Waals surface area (Å²) >= 11 is 0. The number of carbonyl (C=O) groups is 2. The summed E-state index contributed by atoms with van der Waals surface area (Å²) in [6.45, 7) is 10.2. The molecule has 0 amide bonds. The molecule has 0 aromatic rings. The first kappa shape index (κ1) is 28.3. The Morgan fingerprint density at radius 2 is 1.39 bits per heavy atom. The fourth-order valence-corrected chi connectivity index (χ4v) is 11.7. The molecule has 0 spiro atoms. The third kappa shape index (κ3) is 3.18. The van der Waals surface area contributed by atoms with Crippen LogP contribution in [0.3, 0.4) is 0 Å². The minimum atomic E-state index is -1.83. The van der Waals surface area contributed by atoms with Crippen molar-refractivity contribution in [2.75, 3.05) is 6.61 Å². The topological polar surface area (TPSA) is 156 Å².